The van der Waals surface area contributed by atoms with Crippen LogP contribution in [0, 0.1) is 0 Å². The molecule has 1 fully saturated rings. The molecule has 1 amide bonds. The first kappa shape index (κ1) is 77.1. The molecule has 1 rings (SSSR count). The molecule has 6 N–H and O–H groups in total. The molecule has 0 bridgehead atoms. The van der Waals surface area contributed by atoms with Crippen LogP contribution in [0.5, 0.6) is 0 Å². The molecule has 11 nitrogen and oxygen atoms in total. The molecule has 1 saturated heterocycles. The van der Waals surface area contributed by atoms with E-state index in [9.17, 15) is 35.1 Å². The van der Waals surface area contributed by atoms with Gasteiger partial charge in [-0.15, -0.1) is 0 Å². The van der Waals surface area contributed by atoms with Crippen molar-refractivity contribution in [2.75, 3.05) is 13.2 Å². The number of hydrogen-bond acceptors (Lipinski definition) is 10. The van der Waals surface area contributed by atoms with Crippen LogP contribution in [-0.2, 0) is 23.8 Å². The maximum Gasteiger partial charge on any atom is 0.306 e. The van der Waals surface area contributed by atoms with Crippen molar-refractivity contribution >= 4 is 11.9 Å². The van der Waals surface area contributed by atoms with Gasteiger partial charge in [0.05, 0.1) is 25.4 Å². The number of carbonyl (C=O) groups is 2. The SMILES string of the molecule is CC/C=C\C/C=C\C/C=C\C/C=C\C/C=C\CCCC(=O)OC1C(OCC(NC(=O)C(O)CCCCCCCCCCCCCCCCCCCCCCCCCC)C(O)/C=C/CCCCCCCCCCCC)OC(CO)C(O)C1O. The molecule has 8 unspecified atom stereocenters. The molecule has 0 spiro atoms. The molecule has 1 heterocycles. The number of amides is 1. The lowest BCUT2D eigenvalue weighted by atomic mass is 9.99. The van der Waals surface area contributed by atoms with Crippen molar-refractivity contribution in [2.45, 2.75) is 352 Å². The lowest BCUT2D eigenvalue weighted by Gasteiger charge is -2.41. The number of aliphatic hydroxyl groups is 5. The number of rotatable bonds is 58. The van der Waals surface area contributed by atoms with Gasteiger partial charge in [0.2, 0.25) is 5.91 Å². The van der Waals surface area contributed by atoms with Crippen LogP contribution in [0.1, 0.15) is 303 Å². The number of allylic oxidation sites excluding steroid dienone is 11. The first-order valence-electron chi connectivity index (χ1n) is 34.2. The van der Waals surface area contributed by atoms with Crippen molar-refractivity contribution in [3.05, 3.63) is 72.9 Å². The van der Waals surface area contributed by atoms with E-state index < -0.39 is 67.4 Å². The fourth-order valence-corrected chi connectivity index (χ4v) is 10.5. The van der Waals surface area contributed by atoms with Gasteiger partial charge in [0.15, 0.2) is 12.4 Å². The Hall–Kier alpha value is -2.90. The summed E-state index contributed by atoms with van der Waals surface area (Å²) in [4.78, 5) is 26.6. The Balaban J connectivity index is 2.61. The Morgan fingerprint density at radius 1 is 0.488 bits per heavy atom. The molecule has 82 heavy (non-hydrogen) atoms. The summed E-state index contributed by atoms with van der Waals surface area (Å²) in [6, 6.07) is -1.04. The van der Waals surface area contributed by atoms with Gasteiger partial charge < -0.3 is 45.1 Å². The summed E-state index contributed by atoms with van der Waals surface area (Å²) < 4.78 is 17.6. The number of nitrogens with one attached hydrogen (secondary N) is 1. The summed E-state index contributed by atoms with van der Waals surface area (Å²) in [5.41, 5.74) is 0. The largest absolute Gasteiger partial charge is 0.454 e. The fraction of sp³-hybridized carbons (Fsp3) is 0.803. The van der Waals surface area contributed by atoms with Gasteiger partial charge in [-0.2, -0.15) is 0 Å². The molecule has 476 valence electrons. The van der Waals surface area contributed by atoms with Gasteiger partial charge in [-0.25, -0.2) is 0 Å². The minimum atomic E-state index is -1.64. The number of esters is 1. The highest BCUT2D eigenvalue weighted by Crippen LogP contribution is 2.26. The van der Waals surface area contributed by atoms with Gasteiger partial charge in [0.25, 0.3) is 0 Å². The van der Waals surface area contributed by atoms with Crippen LogP contribution in [-0.4, -0.2) is 99.6 Å². The van der Waals surface area contributed by atoms with E-state index in [0.29, 0.717) is 19.3 Å². The minimum absolute atomic E-state index is 0.0442. The molecule has 0 aliphatic carbocycles. The highest BCUT2D eigenvalue weighted by atomic mass is 16.7. The smallest absolute Gasteiger partial charge is 0.306 e. The summed E-state index contributed by atoms with van der Waals surface area (Å²) in [7, 11) is 0. The van der Waals surface area contributed by atoms with Crippen molar-refractivity contribution < 1.29 is 49.3 Å². The van der Waals surface area contributed by atoms with Gasteiger partial charge in [-0.3, -0.25) is 9.59 Å². The van der Waals surface area contributed by atoms with Crippen LogP contribution >= 0.6 is 0 Å². The summed E-state index contributed by atoms with van der Waals surface area (Å²) in [6.07, 6.45) is 65.3. The van der Waals surface area contributed by atoms with E-state index in [2.05, 4.69) is 74.7 Å². The summed E-state index contributed by atoms with van der Waals surface area (Å²) in [5, 5.41) is 57.1. The van der Waals surface area contributed by atoms with Gasteiger partial charge in [0, 0.05) is 6.42 Å². The van der Waals surface area contributed by atoms with Crippen molar-refractivity contribution in [3.8, 4) is 0 Å². The van der Waals surface area contributed by atoms with Crippen LogP contribution in [0.4, 0.5) is 0 Å². The van der Waals surface area contributed by atoms with Crippen molar-refractivity contribution in [3.63, 3.8) is 0 Å². The second kappa shape index (κ2) is 58.5. The molecule has 8 atom stereocenters. The average Bonchev–Trinajstić information content (AvgIpc) is 3.60. The summed E-state index contributed by atoms with van der Waals surface area (Å²) >= 11 is 0. The van der Waals surface area contributed by atoms with E-state index in [4.69, 9.17) is 14.2 Å². The maximum absolute atomic E-state index is 13.5. The van der Waals surface area contributed by atoms with Gasteiger partial charge >= 0.3 is 5.97 Å². The Morgan fingerprint density at radius 2 is 0.878 bits per heavy atom. The monoisotopic (exact) mass is 1150 g/mol. The number of aliphatic hydroxyl groups excluding tert-OH is 5. The second-order valence-corrected chi connectivity index (χ2v) is 23.5. The van der Waals surface area contributed by atoms with Crippen molar-refractivity contribution in [1.29, 1.82) is 0 Å². The van der Waals surface area contributed by atoms with E-state index in [0.717, 1.165) is 70.6 Å². The Labute approximate surface area is 502 Å². The third kappa shape index (κ3) is 45.5. The lowest BCUT2D eigenvalue weighted by molar-refractivity contribution is -0.305. The maximum atomic E-state index is 13.5. The van der Waals surface area contributed by atoms with Crippen LogP contribution in [0.15, 0.2) is 72.9 Å². The minimum Gasteiger partial charge on any atom is -0.454 e. The Kier molecular flexibility index (Phi) is 55.0. The second-order valence-electron chi connectivity index (χ2n) is 23.5. The number of unbranched alkanes of at least 4 members (excludes halogenated alkanes) is 34. The zero-order chi connectivity index (χ0) is 59.6. The summed E-state index contributed by atoms with van der Waals surface area (Å²) in [5.74, 6) is -1.25. The van der Waals surface area contributed by atoms with Crippen LogP contribution in [0.3, 0.4) is 0 Å². The Bertz CT molecular complexity index is 1610. The number of ether oxygens (including phenoxy) is 3. The van der Waals surface area contributed by atoms with Gasteiger partial charge in [0.1, 0.15) is 24.4 Å². The normalized spacial score (nSPS) is 19.0. The van der Waals surface area contributed by atoms with Crippen molar-refractivity contribution in [1.82, 2.24) is 5.32 Å². The lowest BCUT2D eigenvalue weighted by Crippen LogP contribution is -2.61. The van der Waals surface area contributed by atoms with E-state index in [-0.39, 0.29) is 19.4 Å². The molecule has 0 aromatic rings. The van der Waals surface area contributed by atoms with Crippen LogP contribution in [0.25, 0.3) is 0 Å². The zero-order valence-corrected chi connectivity index (χ0v) is 52.9. The molecule has 0 aromatic carbocycles. The predicted molar refractivity (Wildman–Crippen MR) is 343 cm³/mol. The van der Waals surface area contributed by atoms with Gasteiger partial charge in [-0.1, -0.05) is 306 Å². The number of carbonyl (C=O) groups excluding carboxylic acids is 2. The fourth-order valence-electron chi connectivity index (χ4n) is 10.5. The average molecular weight is 1150 g/mol. The van der Waals surface area contributed by atoms with E-state index in [1.54, 1.807) is 6.08 Å². The quantitative estimate of drug-likeness (QED) is 0.0195. The third-order valence-electron chi connectivity index (χ3n) is 15.9. The molecule has 1 aliphatic rings. The first-order valence-corrected chi connectivity index (χ1v) is 34.2. The van der Waals surface area contributed by atoms with Crippen LogP contribution in [0.2, 0.25) is 0 Å². The molecular formula is C71H127NO10. The van der Waals surface area contributed by atoms with Crippen molar-refractivity contribution in [2.24, 2.45) is 0 Å². The Morgan fingerprint density at radius 3 is 1.30 bits per heavy atom. The van der Waals surface area contributed by atoms with E-state index in [1.165, 1.54) is 180 Å². The molecule has 0 radical (unpaired) electrons. The predicted octanol–water partition coefficient (Wildman–Crippen LogP) is 17.1. The third-order valence-corrected chi connectivity index (χ3v) is 15.9. The molecular weight excluding hydrogens is 1030 g/mol. The number of hydrogen-bond donors (Lipinski definition) is 6. The van der Waals surface area contributed by atoms with Gasteiger partial charge in [-0.05, 0) is 64.2 Å². The standard InChI is InChI=1S/C71H127NO10/c1-4-7-10-13-16-19-22-25-27-29-30-31-32-33-34-35-37-38-40-43-46-49-52-55-58-64(75)70(79)72-62(63(74)57-54-51-48-45-42-24-21-18-15-12-9-6-3)61-80-71-69(68(78)67(77)65(60-73)81-71)82-66(76)59-56-53-50-47-44-41-39-36-28-26-23-20-17-14-11-8-5-2/h8,11,17,20,26,28,39,41,47,50,54,57,62-65,67-69,71,73-75,77-78H,4-7,9-10,12-16,18-19,21-25,27,29-38,40,42-46,48-49,51-53,55-56,58-61H2,1-3H3,(H,72,79)/b11-8-,20-17-,28-26-,41-39-,50-47-,57-54+. The van der Waals surface area contributed by atoms with E-state index in [1.807, 2.05) is 18.2 Å². The molecule has 1 aliphatic heterocycles. The molecule has 0 saturated carbocycles. The van der Waals surface area contributed by atoms with Crippen LogP contribution < -0.4 is 5.32 Å². The molecule has 11 heteroatoms. The molecule has 0 aromatic heterocycles. The zero-order valence-electron chi connectivity index (χ0n) is 52.9. The first-order chi connectivity index (χ1) is 40.2. The highest BCUT2D eigenvalue weighted by molar-refractivity contribution is 5.80. The topological polar surface area (TPSA) is 175 Å². The van der Waals surface area contributed by atoms with E-state index >= 15 is 0 Å². The highest BCUT2D eigenvalue weighted by Gasteiger charge is 2.47. The summed E-state index contributed by atoms with van der Waals surface area (Å²) in [6.45, 7) is 5.67.